The lowest BCUT2D eigenvalue weighted by Gasteiger charge is -2.16. The van der Waals surface area contributed by atoms with E-state index in [9.17, 15) is 0 Å². The molecule has 224 valence electrons. The highest BCUT2D eigenvalue weighted by atomic mass is 16.3. The van der Waals surface area contributed by atoms with Gasteiger partial charge in [-0.15, -0.1) is 0 Å². The van der Waals surface area contributed by atoms with Crippen molar-refractivity contribution in [3.63, 3.8) is 0 Å². The summed E-state index contributed by atoms with van der Waals surface area (Å²) in [5, 5.41) is 20.2. The summed E-state index contributed by atoms with van der Waals surface area (Å²) in [5.74, 6) is 0. The molecule has 0 aliphatic rings. The van der Waals surface area contributed by atoms with E-state index < -0.39 is 0 Å². The third-order valence-electron chi connectivity index (χ3n) is 11.1. The normalized spacial score (nSPS) is 12.5. The fourth-order valence-corrected chi connectivity index (χ4v) is 8.96. The van der Waals surface area contributed by atoms with Crippen molar-refractivity contribution in [3.05, 3.63) is 158 Å². The Morgan fingerprint density at radius 3 is 1.49 bits per heavy atom. The van der Waals surface area contributed by atoms with Crippen molar-refractivity contribution in [2.24, 2.45) is 0 Å². The molecule has 0 radical (unpaired) electrons. The second kappa shape index (κ2) is 9.13. The maximum absolute atomic E-state index is 6.75. The first kappa shape index (κ1) is 25.6. The average Bonchev–Trinajstić information content (AvgIpc) is 3.55. The minimum atomic E-state index is 0.916. The minimum absolute atomic E-state index is 0.916. The van der Waals surface area contributed by atoms with Gasteiger partial charge in [0.2, 0.25) is 0 Å². The summed E-state index contributed by atoms with van der Waals surface area (Å²) in [5.41, 5.74) is 6.76. The molecule has 0 atom stereocenters. The van der Waals surface area contributed by atoms with E-state index in [1.165, 1.54) is 97.7 Å². The van der Waals surface area contributed by atoms with E-state index in [2.05, 4.69) is 158 Å². The number of hydrogen-bond acceptors (Lipinski definition) is 1. The fraction of sp³-hybridized carbons (Fsp3) is 0. The van der Waals surface area contributed by atoms with Crippen LogP contribution in [0, 0.1) is 0 Å². The summed E-state index contributed by atoms with van der Waals surface area (Å²) >= 11 is 0. The highest BCUT2D eigenvalue weighted by Crippen LogP contribution is 2.47. The Hall–Kier alpha value is -6.44. The first-order valence-electron chi connectivity index (χ1n) is 17.0. The summed E-state index contributed by atoms with van der Waals surface area (Å²) in [6.07, 6.45) is 0. The Morgan fingerprint density at radius 2 is 0.816 bits per heavy atom. The van der Waals surface area contributed by atoms with Crippen LogP contribution in [0.2, 0.25) is 0 Å². The molecule has 0 saturated heterocycles. The maximum atomic E-state index is 6.75. The summed E-state index contributed by atoms with van der Waals surface area (Å²) in [6, 6.07) is 58.4. The van der Waals surface area contributed by atoms with Gasteiger partial charge in [0.15, 0.2) is 0 Å². The Labute approximate surface area is 280 Å². The van der Waals surface area contributed by atoms with Crippen LogP contribution in [0.5, 0.6) is 0 Å². The molecule has 11 aromatic carbocycles. The van der Waals surface area contributed by atoms with Gasteiger partial charge in [-0.2, -0.15) is 0 Å². The lowest BCUT2D eigenvalue weighted by Crippen LogP contribution is -1.89. The largest absolute Gasteiger partial charge is 0.455 e. The third kappa shape index (κ3) is 3.34. The lowest BCUT2D eigenvalue weighted by atomic mass is 9.87. The van der Waals surface area contributed by atoms with Crippen molar-refractivity contribution in [1.29, 1.82) is 0 Å². The zero-order valence-electron chi connectivity index (χ0n) is 26.4. The summed E-state index contributed by atoms with van der Waals surface area (Å²) in [6.45, 7) is 0. The van der Waals surface area contributed by atoms with Crippen LogP contribution in [0.25, 0.3) is 120 Å². The van der Waals surface area contributed by atoms with E-state index >= 15 is 0 Å². The van der Waals surface area contributed by atoms with E-state index in [0.717, 1.165) is 21.9 Å². The van der Waals surface area contributed by atoms with Gasteiger partial charge in [-0.1, -0.05) is 133 Å². The van der Waals surface area contributed by atoms with Gasteiger partial charge in [-0.05, 0) is 117 Å². The number of furan rings is 1. The van der Waals surface area contributed by atoms with Gasteiger partial charge in [0.1, 0.15) is 11.2 Å². The van der Waals surface area contributed by atoms with E-state index in [-0.39, 0.29) is 0 Å². The van der Waals surface area contributed by atoms with Crippen LogP contribution in [0.3, 0.4) is 0 Å². The predicted octanol–water partition coefficient (Wildman–Crippen LogP) is 13.9. The molecule has 1 heteroatoms. The maximum Gasteiger partial charge on any atom is 0.143 e. The molecule has 0 N–H and O–H groups in total. The van der Waals surface area contributed by atoms with Crippen molar-refractivity contribution >= 4 is 97.3 Å². The van der Waals surface area contributed by atoms with E-state index in [4.69, 9.17) is 4.42 Å². The number of fused-ring (bicyclic) bond motifs is 5. The number of hydrogen-bond donors (Lipinski definition) is 0. The molecular weight excluding hydrogens is 593 g/mol. The number of benzene rings is 11. The predicted molar refractivity (Wildman–Crippen MR) is 210 cm³/mol. The van der Waals surface area contributed by atoms with Gasteiger partial charge in [0.25, 0.3) is 0 Å². The van der Waals surface area contributed by atoms with Crippen molar-refractivity contribution in [2.45, 2.75) is 0 Å². The molecule has 0 fully saturated rings. The highest BCUT2D eigenvalue weighted by Gasteiger charge is 2.20. The molecule has 0 saturated carbocycles. The molecule has 12 aromatic rings. The van der Waals surface area contributed by atoms with Gasteiger partial charge in [-0.25, -0.2) is 0 Å². The van der Waals surface area contributed by atoms with Gasteiger partial charge < -0.3 is 4.42 Å². The van der Waals surface area contributed by atoms with Crippen LogP contribution >= 0.6 is 0 Å². The second-order valence-electron chi connectivity index (χ2n) is 13.6. The van der Waals surface area contributed by atoms with E-state index in [1.54, 1.807) is 0 Å². The standard InChI is InChI=1S/C48H26O/c1-2-10-42-40(9-1)47-41(37-22-16-32-14-12-28-6-4-8-30-18-24-39(37)46(32)44(28)30)26-34-25-33(19-21-36(34)48(47)49-42)35-20-15-31-13-11-27-5-3-7-29-17-23-38(35)45(31)43(27)29/h1-26H. The lowest BCUT2D eigenvalue weighted by molar-refractivity contribution is 0.673. The zero-order chi connectivity index (χ0) is 31.8. The minimum Gasteiger partial charge on any atom is -0.455 e. The van der Waals surface area contributed by atoms with E-state index in [0.29, 0.717) is 0 Å². The molecule has 1 nitrogen and oxygen atoms in total. The quantitative estimate of drug-likeness (QED) is 0.176. The first-order valence-corrected chi connectivity index (χ1v) is 17.0. The highest BCUT2D eigenvalue weighted by molar-refractivity contribution is 6.29. The van der Waals surface area contributed by atoms with Crippen LogP contribution in [0.4, 0.5) is 0 Å². The molecule has 0 spiro atoms. The van der Waals surface area contributed by atoms with Gasteiger partial charge in [0, 0.05) is 16.2 Å². The molecule has 1 heterocycles. The molecule has 0 amide bonds. The monoisotopic (exact) mass is 618 g/mol. The van der Waals surface area contributed by atoms with Gasteiger partial charge >= 0.3 is 0 Å². The van der Waals surface area contributed by atoms with Crippen molar-refractivity contribution in [1.82, 2.24) is 0 Å². The van der Waals surface area contributed by atoms with Crippen molar-refractivity contribution in [2.75, 3.05) is 0 Å². The van der Waals surface area contributed by atoms with E-state index in [1.807, 2.05) is 0 Å². The summed E-state index contributed by atoms with van der Waals surface area (Å²) in [4.78, 5) is 0. The Balaban J connectivity index is 1.18. The van der Waals surface area contributed by atoms with Crippen molar-refractivity contribution in [3.8, 4) is 22.3 Å². The van der Waals surface area contributed by atoms with Gasteiger partial charge in [-0.3, -0.25) is 0 Å². The molecule has 1 aromatic heterocycles. The molecule has 12 rings (SSSR count). The third-order valence-corrected chi connectivity index (χ3v) is 11.1. The van der Waals surface area contributed by atoms with Crippen LogP contribution in [-0.2, 0) is 0 Å². The SMILES string of the molecule is c1cc2ccc3ccc(-c4ccc5c(c4)cc(-c4ccc6ccc7cccc8ccc4c6c78)c4c6ccccc6oc54)c4ccc(c1)c2c34. The molecule has 0 aliphatic carbocycles. The molecular formula is C48H26O. The number of rotatable bonds is 2. The molecule has 49 heavy (non-hydrogen) atoms. The zero-order valence-corrected chi connectivity index (χ0v) is 26.4. The van der Waals surface area contributed by atoms with Gasteiger partial charge in [0.05, 0.1) is 0 Å². The Morgan fingerprint density at radius 1 is 0.286 bits per heavy atom. The smallest absolute Gasteiger partial charge is 0.143 e. The van der Waals surface area contributed by atoms with Crippen LogP contribution in [0.15, 0.2) is 162 Å². The first-order chi connectivity index (χ1) is 24.3. The Bertz CT molecular complexity index is 3290. The molecule has 0 unspecified atom stereocenters. The van der Waals surface area contributed by atoms with Crippen LogP contribution in [0.1, 0.15) is 0 Å². The fourth-order valence-electron chi connectivity index (χ4n) is 8.96. The van der Waals surface area contributed by atoms with Crippen molar-refractivity contribution < 1.29 is 4.42 Å². The molecule has 0 bridgehead atoms. The molecule has 0 aliphatic heterocycles. The summed E-state index contributed by atoms with van der Waals surface area (Å²) < 4.78 is 6.75. The second-order valence-corrected chi connectivity index (χ2v) is 13.6. The average molecular weight is 619 g/mol. The Kier molecular flexibility index (Phi) is 4.77. The topological polar surface area (TPSA) is 13.1 Å². The van der Waals surface area contributed by atoms with Crippen LogP contribution < -0.4 is 0 Å². The number of para-hydroxylation sites is 1. The van der Waals surface area contributed by atoms with Crippen LogP contribution in [-0.4, -0.2) is 0 Å². The summed E-state index contributed by atoms with van der Waals surface area (Å²) in [7, 11) is 0.